The van der Waals surface area contributed by atoms with Gasteiger partial charge in [-0.1, -0.05) is 12.1 Å². The molecule has 2 heterocycles. The number of hydrogen-bond donors (Lipinski definition) is 1. The summed E-state index contributed by atoms with van der Waals surface area (Å²) in [5.41, 5.74) is 1.47. The van der Waals surface area contributed by atoms with Crippen LogP contribution in [0.5, 0.6) is 0 Å². The van der Waals surface area contributed by atoms with Crippen LogP contribution in [0.4, 0.5) is 10.5 Å². The Morgan fingerprint density at radius 3 is 2.79 bits per heavy atom. The molecule has 24 heavy (non-hydrogen) atoms. The summed E-state index contributed by atoms with van der Waals surface area (Å²) in [6.07, 6.45) is 1.73. The van der Waals surface area contributed by atoms with Crippen molar-refractivity contribution >= 4 is 23.1 Å². The molecule has 0 saturated carbocycles. The van der Waals surface area contributed by atoms with Gasteiger partial charge >= 0.3 is 6.03 Å². The van der Waals surface area contributed by atoms with Gasteiger partial charge in [0.05, 0.1) is 17.9 Å². The van der Waals surface area contributed by atoms with E-state index < -0.39 is 0 Å². The highest BCUT2D eigenvalue weighted by molar-refractivity contribution is 7.09. The maximum atomic E-state index is 12.5. The Hall–Kier alpha value is -2.74. The van der Waals surface area contributed by atoms with Gasteiger partial charge < -0.3 is 10.2 Å². The van der Waals surface area contributed by atoms with Crippen molar-refractivity contribution in [3.8, 4) is 5.69 Å². The molecule has 3 aromatic rings. The van der Waals surface area contributed by atoms with E-state index in [1.54, 1.807) is 22.8 Å². The van der Waals surface area contributed by atoms with Crippen LogP contribution in [0.1, 0.15) is 16.7 Å². The fourth-order valence-electron chi connectivity index (χ4n) is 2.33. The molecule has 3 rings (SSSR count). The fraction of sp³-hybridized carbons (Fsp3) is 0.250. The zero-order chi connectivity index (χ0) is 17.1. The minimum atomic E-state index is -0.202. The van der Waals surface area contributed by atoms with Crippen molar-refractivity contribution in [2.75, 3.05) is 12.4 Å². The third-order valence-electron chi connectivity index (χ3n) is 3.45. The molecule has 0 saturated heterocycles. The first kappa shape index (κ1) is 16.1. The Morgan fingerprint density at radius 2 is 2.12 bits per heavy atom. The summed E-state index contributed by atoms with van der Waals surface area (Å²) < 4.78 is 1.73. The van der Waals surface area contributed by atoms with Crippen LogP contribution in [0.25, 0.3) is 5.69 Å². The number of aromatic nitrogens is 4. The predicted molar refractivity (Wildman–Crippen MR) is 93.4 cm³/mol. The van der Waals surface area contributed by atoms with Gasteiger partial charge in [0.2, 0.25) is 0 Å². The second-order valence-electron chi connectivity index (χ2n) is 5.35. The number of thiazole rings is 1. The number of carbonyl (C=O) groups excluding carboxylic acids is 1. The first-order valence-corrected chi connectivity index (χ1v) is 8.32. The molecule has 0 bridgehead atoms. The van der Waals surface area contributed by atoms with Crippen LogP contribution in [0, 0.1) is 13.8 Å². The van der Waals surface area contributed by atoms with Crippen molar-refractivity contribution in [3.05, 3.63) is 52.5 Å². The lowest BCUT2D eigenvalue weighted by Gasteiger charge is -2.18. The number of aryl methyl sites for hydroxylation is 2. The molecular weight excluding hydrogens is 324 g/mol. The second kappa shape index (κ2) is 6.79. The number of anilines is 1. The molecule has 0 aliphatic heterocycles. The molecular formula is C16H18N6OS. The third kappa shape index (κ3) is 3.43. The molecule has 8 heteroatoms. The Labute approximate surface area is 144 Å². The molecule has 2 aromatic heterocycles. The molecule has 124 valence electrons. The second-order valence-corrected chi connectivity index (χ2v) is 6.33. The first-order chi connectivity index (χ1) is 11.5. The summed E-state index contributed by atoms with van der Waals surface area (Å²) in [7, 11) is 1.74. The quantitative estimate of drug-likeness (QED) is 0.791. The molecule has 1 N–H and O–H groups in total. The minimum Gasteiger partial charge on any atom is -0.321 e. The topological polar surface area (TPSA) is 75.9 Å². The summed E-state index contributed by atoms with van der Waals surface area (Å²) >= 11 is 1.52. The molecule has 0 fully saturated rings. The standard InChI is InChI=1S/C16H18N6OS/c1-11-18-12(2)22(20-11)14-7-5-4-6-13(14)19-16(23)21(3)10-15-17-8-9-24-15/h4-9H,10H2,1-3H3,(H,19,23). The van der Waals surface area contributed by atoms with Gasteiger partial charge in [0.15, 0.2) is 0 Å². The van der Waals surface area contributed by atoms with Crippen LogP contribution in [-0.2, 0) is 6.54 Å². The Bertz CT molecular complexity index is 842. The van der Waals surface area contributed by atoms with E-state index in [1.807, 2.05) is 43.5 Å². The maximum Gasteiger partial charge on any atom is 0.322 e. The zero-order valence-corrected chi connectivity index (χ0v) is 14.5. The number of carbonyl (C=O) groups is 1. The number of urea groups is 1. The monoisotopic (exact) mass is 342 g/mol. The van der Waals surface area contributed by atoms with Crippen LogP contribution in [0.15, 0.2) is 35.8 Å². The maximum absolute atomic E-state index is 12.5. The SMILES string of the molecule is Cc1nc(C)n(-c2ccccc2NC(=O)N(C)Cc2nccs2)n1. The summed E-state index contributed by atoms with van der Waals surface area (Å²) in [5, 5.41) is 10.1. The summed E-state index contributed by atoms with van der Waals surface area (Å²) in [6, 6.07) is 7.32. The normalized spacial score (nSPS) is 10.6. The van der Waals surface area contributed by atoms with E-state index in [-0.39, 0.29) is 6.03 Å². The van der Waals surface area contributed by atoms with E-state index in [0.717, 1.165) is 16.5 Å². The highest BCUT2D eigenvalue weighted by Crippen LogP contribution is 2.21. The number of para-hydroxylation sites is 2. The average Bonchev–Trinajstić information content (AvgIpc) is 3.17. The number of nitrogens with one attached hydrogen (secondary N) is 1. The lowest BCUT2D eigenvalue weighted by atomic mass is 10.2. The van der Waals surface area contributed by atoms with Crippen molar-refractivity contribution < 1.29 is 4.79 Å². The number of nitrogens with zero attached hydrogens (tertiary/aromatic N) is 5. The number of hydrogen-bond acceptors (Lipinski definition) is 5. The molecule has 7 nitrogen and oxygen atoms in total. The van der Waals surface area contributed by atoms with E-state index in [0.29, 0.717) is 18.1 Å². The fourth-order valence-corrected chi connectivity index (χ4v) is 3.00. The number of rotatable bonds is 4. The van der Waals surface area contributed by atoms with Crippen molar-refractivity contribution in [3.63, 3.8) is 0 Å². The summed E-state index contributed by atoms with van der Waals surface area (Å²) in [5.74, 6) is 1.46. The van der Waals surface area contributed by atoms with Crippen molar-refractivity contribution in [1.29, 1.82) is 0 Å². The van der Waals surface area contributed by atoms with E-state index >= 15 is 0 Å². The van der Waals surface area contributed by atoms with Gasteiger partial charge in [0.1, 0.15) is 16.7 Å². The van der Waals surface area contributed by atoms with Crippen LogP contribution in [-0.4, -0.2) is 37.7 Å². The van der Waals surface area contributed by atoms with E-state index in [2.05, 4.69) is 20.4 Å². The third-order valence-corrected chi connectivity index (χ3v) is 4.22. The average molecular weight is 342 g/mol. The molecule has 0 radical (unpaired) electrons. The van der Waals surface area contributed by atoms with Gasteiger partial charge in [-0.25, -0.2) is 19.4 Å². The van der Waals surface area contributed by atoms with Gasteiger partial charge in [-0.15, -0.1) is 11.3 Å². The number of benzene rings is 1. The van der Waals surface area contributed by atoms with E-state index in [9.17, 15) is 4.79 Å². The largest absolute Gasteiger partial charge is 0.322 e. The van der Waals surface area contributed by atoms with Crippen molar-refractivity contribution in [2.24, 2.45) is 0 Å². The minimum absolute atomic E-state index is 0.202. The smallest absolute Gasteiger partial charge is 0.321 e. The summed E-state index contributed by atoms with van der Waals surface area (Å²) in [6.45, 7) is 4.19. The van der Waals surface area contributed by atoms with Gasteiger partial charge in [-0.3, -0.25) is 0 Å². The number of amides is 2. The molecule has 0 spiro atoms. The van der Waals surface area contributed by atoms with Gasteiger partial charge in [0, 0.05) is 18.6 Å². The molecule has 0 aliphatic carbocycles. The Morgan fingerprint density at radius 1 is 1.33 bits per heavy atom. The molecule has 0 unspecified atom stereocenters. The molecule has 2 amide bonds. The van der Waals surface area contributed by atoms with Gasteiger partial charge in [-0.2, -0.15) is 5.10 Å². The lowest BCUT2D eigenvalue weighted by molar-refractivity contribution is 0.220. The molecule has 0 atom stereocenters. The van der Waals surface area contributed by atoms with Gasteiger partial charge in [-0.05, 0) is 26.0 Å². The first-order valence-electron chi connectivity index (χ1n) is 7.45. The molecule has 1 aromatic carbocycles. The molecule has 0 aliphatic rings. The van der Waals surface area contributed by atoms with Crippen LogP contribution in [0.3, 0.4) is 0 Å². The lowest BCUT2D eigenvalue weighted by Crippen LogP contribution is -2.31. The highest BCUT2D eigenvalue weighted by atomic mass is 32.1. The zero-order valence-electron chi connectivity index (χ0n) is 13.7. The van der Waals surface area contributed by atoms with Crippen LogP contribution < -0.4 is 5.32 Å². The van der Waals surface area contributed by atoms with E-state index in [4.69, 9.17) is 0 Å². The highest BCUT2D eigenvalue weighted by Gasteiger charge is 2.15. The predicted octanol–water partition coefficient (Wildman–Crippen LogP) is 3.00. The van der Waals surface area contributed by atoms with Gasteiger partial charge in [0.25, 0.3) is 0 Å². The summed E-state index contributed by atoms with van der Waals surface area (Å²) in [4.78, 5) is 22.6. The van der Waals surface area contributed by atoms with Crippen molar-refractivity contribution in [2.45, 2.75) is 20.4 Å². The van der Waals surface area contributed by atoms with Crippen LogP contribution >= 0.6 is 11.3 Å². The Kier molecular flexibility index (Phi) is 4.57. The van der Waals surface area contributed by atoms with E-state index in [1.165, 1.54) is 11.3 Å². The van der Waals surface area contributed by atoms with Crippen molar-refractivity contribution in [1.82, 2.24) is 24.6 Å². The van der Waals surface area contributed by atoms with Crippen LogP contribution in [0.2, 0.25) is 0 Å². The Balaban J connectivity index is 1.80.